The summed E-state index contributed by atoms with van der Waals surface area (Å²) in [5.74, 6) is -0.544. The minimum atomic E-state index is -0.400. The van der Waals surface area contributed by atoms with Crippen LogP contribution >= 0.6 is 0 Å². The Morgan fingerprint density at radius 3 is 2.58 bits per heavy atom. The maximum atomic E-state index is 12.9. The number of ether oxygens (including phenoxy) is 1. The molecular formula is C19H24N2O3. The van der Waals surface area contributed by atoms with Gasteiger partial charge in [-0.15, -0.1) is 0 Å². The summed E-state index contributed by atoms with van der Waals surface area (Å²) >= 11 is 0. The number of nitrogens with one attached hydrogen (secondary N) is 1. The van der Waals surface area contributed by atoms with E-state index in [1.165, 1.54) is 6.42 Å². The van der Waals surface area contributed by atoms with Crippen LogP contribution in [0.1, 0.15) is 39.0 Å². The molecular weight excluding hydrogens is 304 g/mol. The standard InChI is InChI=1S/C19H24N2O3/c1-2-24-19(23)16-13-21(15-11-7-4-8-12-15)18(22)17(16)20-14-9-5-3-6-10-14/h4,7-8,11-12,14,20H,2-3,5-6,9-10,13H2,1H3. The number of anilines is 1. The van der Waals surface area contributed by atoms with Crippen LogP contribution in [0.5, 0.6) is 0 Å². The topological polar surface area (TPSA) is 58.6 Å². The van der Waals surface area contributed by atoms with Gasteiger partial charge >= 0.3 is 5.97 Å². The van der Waals surface area contributed by atoms with Gasteiger partial charge in [0.05, 0.1) is 18.7 Å². The Bertz CT molecular complexity index is 633. The zero-order valence-corrected chi connectivity index (χ0v) is 14.1. The molecule has 1 aromatic carbocycles. The molecule has 2 aliphatic rings. The lowest BCUT2D eigenvalue weighted by atomic mass is 9.95. The zero-order chi connectivity index (χ0) is 16.9. The average molecular weight is 328 g/mol. The molecule has 24 heavy (non-hydrogen) atoms. The van der Waals surface area contributed by atoms with Crippen LogP contribution in [0.3, 0.4) is 0 Å². The third-order valence-electron chi connectivity index (χ3n) is 4.62. The molecule has 1 saturated carbocycles. The van der Waals surface area contributed by atoms with Gasteiger partial charge in [0.1, 0.15) is 5.70 Å². The second-order valence-electron chi connectivity index (χ2n) is 6.28. The molecule has 0 aromatic heterocycles. The van der Waals surface area contributed by atoms with Crippen molar-refractivity contribution >= 4 is 17.6 Å². The van der Waals surface area contributed by atoms with E-state index in [2.05, 4.69) is 5.32 Å². The van der Waals surface area contributed by atoms with E-state index < -0.39 is 5.97 Å². The molecule has 0 saturated heterocycles. The van der Waals surface area contributed by atoms with E-state index in [-0.39, 0.29) is 18.5 Å². The highest BCUT2D eigenvalue weighted by atomic mass is 16.5. The summed E-state index contributed by atoms with van der Waals surface area (Å²) in [6.45, 7) is 2.34. The third-order valence-corrected chi connectivity index (χ3v) is 4.62. The van der Waals surface area contributed by atoms with Crippen LogP contribution < -0.4 is 10.2 Å². The smallest absolute Gasteiger partial charge is 0.338 e. The van der Waals surface area contributed by atoms with E-state index in [1.54, 1.807) is 11.8 Å². The molecule has 0 radical (unpaired) electrons. The largest absolute Gasteiger partial charge is 0.463 e. The third kappa shape index (κ3) is 3.45. The van der Waals surface area contributed by atoms with E-state index in [0.717, 1.165) is 31.4 Å². The molecule has 1 N–H and O–H groups in total. The van der Waals surface area contributed by atoms with Gasteiger partial charge in [-0.2, -0.15) is 0 Å². The minimum Gasteiger partial charge on any atom is -0.463 e. The highest BCUT2D eigenvalue weighted by Crippen LogP contribution is 2.27. The molecule has 1 aliphatic carbocycles. The van der Waals surface area contributed by atoms with E-state index in [4.69, 9.17) is 4.74 Å². The van der Waals surface area contributed by atoms with Gasteiger partial charge in [0.2, 0.25) is 0 Å². The number of carbonyl (C=O) groups is 2. The van der Waals surface area contributed by atoms with Crippen LogP contribution in [0, 0.1) is 0 Å². The first-order valence-corrected chi connectivity index (χ1v) is 8.74. The van der Waals surface area contributed by atoms with E-state index >= 15 is 0 Å². The summed E-state index contributed by atoms with van der Waals surface area (Å²) in [7, 11) is 0. The summed E-state index contributed by atoms with van der Waals surface area (Å²) in [5.41, 5.74) is 1.66. The number of nitrogens with zero attached hydrogens (tertiary/aromatic N) is 1. The molecule has 1 aliphatic heterocycles. The monoisotopic (exact) mass is 328 g/mol. The highest BCUT2D eigenvalue weighted by molar-refractivity contribution is 6.14. The maximum absolute atomic E-state index is 12.9. The second kappa shape index (κ2) is 7.51. The number of amides is 1. The molecule has 128 valence electrons. The minimum absolute atomic E-state index is 0.144. The summed E-state index contributed by atoms with van der Waals surface area (Å²) in [6.07, 6.45) is 5.65. The first kappa shape index (κ1) is 16.6. The fourth-order valence-electron chi connectivity index (χ4n) is 3.37. The van der Waals surface area contributed by atoms with Crippen molar-refractivity contribution in [2.45, 2.75) is 45.1 Å². The molecule has 5 nitrogen and oxygen atoms in total. The van der Waals surface area contributed by atoms with Crippen LogP contribution in [0.15, 0.2) is 41.6 Å². The first-order valence-electron chi connectivity index (χ1n) is 8.74. The van der Waals surface area contributed by atoms with Gasteiger partial charge in [-0.05, 0) is 31.9 Å². The Morgan fingerprint density at radius 2 is 1.92 bits per heavy atom. The van der Waals surface area contributed by atoms with Crippen molar-refractivity contribution in [3.05, 3.63) is 41.6 Å². The first-order chi connectivity index (χ1) is 11.7. The fourth-order valence-corrected chi connectivity index (χ4v) is 3.37. The summed E-state index contributed by atoms with van der Waals surface area (Å²) in [6, 6.07) is 9.70. The fraction of sp³-hybridized carbons (Fsp3) is 0.474. The van der Waals surface area contributed by atoms with Gasteiger partial charge < -0.3 is 15.0 Å². The molecule has 5 heteroatoms. The lowest BCUT2D eigenvalue weighted by Crippen LogP contribution is -2.36. The van der Waals surface area contributed by atoms with Crippen LogP contribution in [0.4, 0.5) is 5.69 Å². The number of rotatable bonds is 5. The molecule has 1 aromatic rings. The van der Waals surface area contributed by atoms with Gasteiger partial charge in [-0.1, -0.05) is 37.5 Å². The average Bonchev–Trinajstić information content (AvgIpc) is 2.94. The molecule has 0 atom stereocenters. The number of esters is 1. The van der Waals surface area contributed by atoms with Crippen LogP contribution in [-0.4, -0.2) is 31.1 Å². The predicted octanol–water partition coefficient (Wildman–Crippen LogP) is 2.77. The SMILES string of the molecule is CCOC(=O)C1=C(NC2CCCCC2)C(=O)N(c2ccccc2)C1. The van der Waals surface area contributed by atoms with Crippen molar-refractivity contribution in [3.63, 3.8) is 0 Å². The summed E-state index contributed by atoms with van der Waals surface area (Å²) in [4.78, 5) is 26.9. The molecule has 3 rings (SSSR count). The van der Waals surface area contributed by atoms with Crippen molar-refractivity contribution in [1.29, 1.82) is 0 Å². The zero-order valence-electron chi connectivity index (χ0n) is 14.1. The van der Waals surface area contributed by atoms with Crippen molar-refractivity contribution in [2.24, 2.45) is 0 Å². The van der Waals surface area contributed by atoms with Crippen LogP contribution in [0.25, 0.3) is 0 Å². The normalized spacial score (nSPS) is 18.9. The molecule has 0 spiro atoms. The van der Waals surface area contributed by atoms with Gasteiger partial charge in [-0.3, -0.25) is 4.79 Å². The van der Waals surface area contributed by atoms with E-state index in [1.807, 2.05) is 30.3 Å². The van der Waals surface area contributed by atoms with Crippen LogP contribution in [0.2, 0.25) is 0 Å². The Morgan fingerprint density at radius 1 is 1.21 bits per heavy atom. The summed E-state index contributed by atoms with van der Waals surface area (Å²) in [5, 5.41) is 3.34. The molecule has 1 heterocycles. The molecule has 1 amide bonds. The quantitative estimate of drug-likeness (QED) is 0.845. The van der Waals surface area contributed by atoms with E-state index in [0.29, 0.717) is 17.9 Å². The summed E-state index contributed by atoms with van der Waals surface area (Å²) < 4.78 is 5.16. The maximum Gasteiger partial charge on any atom is 0.338 e. The second-order valence-corrected chi connectivity index (χ2v) is 6.28. The Balaban J connectivity index is 1.84. The highest BCUT2D eigenvalue weighted by Gasteiger charge is 2.36. The van der Waals surface area contributed by atoms with Crippen molar-refractivity contribution in [1.82, 2.24) is 5.32 Å². The predicted molar refractivity (Wildman–Crippen MR) is 92.5 cm³/mol. The van der Waals surface area contributed by atoms with E-state index in [9.17, 15) is 9.59 Å². The number of hydrogen-bond acceptors (Lipinski definition) is 4. The number of para-hydroxylation sites is 1. The Hall–Kier alpha value is -2.30. The van der Waals surface area contributed by atoms with Crippen LogP contribution in [-0.2, 0) is 14.3 Å². The van der Waals surface area contributed by atoms with Crippen molar-refractivity contribution in [3.8, 4) is 0 Å². The Labute approximate surface area is 142 Å². The van der Waals surface area contributed by atoms with Gasteiger partial charge in [0.15, 0.2) is 0 Å². The number of benzene rings is 1. The molecule has 0 unspecified atom stereocenters. The molecule has 0 bridgehead atoms. The van der Waals surface area contributed by atoms with Crippen molar-refractivity contribution < 1.29 is 14.3 Å². The number of hydrogen-bond donors (Lipinski definition) is 1. The van der Waals surface area contributed by atoms with Crippen molar-refractivity contribution in [2.75, 3.05) is 18.1 Å². The Kier molecular flexibility index (Phi) is 5.18. The lowest BCUT2D eigenvalue weighted by molar-refractivity contribution is -0.138. The molecule has 1 fully saturated rings. The van der Waals surface area contributed by atoms with Gasteiger partial charge in [0.25, 0.3) is 5.91 Å². The number of carbonyl (C=O) groups excluding carboxylic acids is 2. The lowest BCUT2D eigenvalue weighted by Gasteiger charge is -2.24. The van der Waals surface area contributed by atoms with Gasteiger partial charge in [0, 0.05) is 11.7 Å². The van der Waals surface area contributed by atoms with Gasteiger partial charge in [-0.25, -0.2) is 4.79 Å².